The molecule has 0 saturated heterocycles. The fourth-order valence-electron chi connectivity index (χ4n) is 2.45. The van der Waals surface area contributed by atoms with E-state index in [1.807, 2.05) is 6.08 Å². The summed E-state index contributed by atoms with van der Waals surface area (Å²) in [4.78, 5) is 13.3. The van der Waals surface area contributed by atoms with E-state index in [1.165, 1.54) is 12.8 Å². The van der Waals surface area contributed by atoms with Crippen molar-refractivity contribution in [2.45, 2.75) is 77.7 Å². The molecule has 1 N–H and O–H groups in total. The summed E-state index contributed by atoms with van der Waals surface area (Å²) in [6.45, 7) is 10.5. The van der Waals surface area contributed by atoms with Crippen LogP contribution in [0.15, 0.2) is 12.7 Å². The van der Waals surface area contributed by atoms with E-state index in [0.29, 0.717) is 6.42 Å². The van der Waals surface area contributed by atoms with Gasteiger partial charge < -0.3 is 14.8 Å². The van der Waals surface area contributed by atoms with Crippen molar-refractivity contribution in [3.63, 3.8) is 0 Å². The van der Waals surface area contributed by atoms with Crippen LogP contribution in [0, 0.1) is 0 Å². The van der Waals surface area contributed by atoms with Crippen LogP contribution < -0.4 is 0 Å². The highest BCUT2D eigenvalue weighted by Gasteiger charge is 2.11. The Kier molecular flexibility index (Phi) is 13.8. The number of aliphatic hydroxyl groups excluding tert-OH is 1. The molecule has 0 bridgehead atoms. The van der Waals surface area contributed by atoms with Crippen LogP contribution in [-0.2, 0) is 4.79 Å². The predicted octanol–water partition coefficient (Wildman–Crippen LogP) is 3.96. The molecule has 124 valence electrons. The van der Waals surface area contributed by atoms with Crippen molar-refractivity contribution in [1.82, 2.24) is 4.90 Å². The maximum Gasteiger partial charge on any atom is 0.129 e. The number of aliphatic hydroxyl groups is 1. The lowest BCUT2D eigenvalue weighted by atomic mass is 10.1. The lowest BCUT2D eigenvalue weighted by Crippen LogP contribution is -2.34. The lowest BCUT2D eigenvalue weighted by Gasteiger charge is -2.25. The molecule has 0 aromatic heterocycles. The van der Waals surface area contributed by atoms with E-state index in [-0.39, 0.29) is 11.9 Å². The monoisotopic (exact) mass is 297 g/mol. The predicted molar refractivity (Wildman–Crippen MR) is 90.6 cm³/mol. The van der Waals surface area contributed by atoms with Crippen molar-refractivity contribution in [2.24, 2.45) is 0 Å². The number of nitrogens with zero attached hydrogens (tertiary/aromatic N) is 1. The zero-order valence-electron chi connectivity index (χ0n) is 14.1. The van der Waals surface area contributed by atoms with E-state index >= 15 is 0 Å². The van der Waals surface area contributed by atoms with Crippen molar-refractivity contribution in [1.29, 1.82) is 0 Å². The van der Waals surface area contributed by atoms with Crippen LogP contribution >= 0.6 is 0 Å². The summed E-state index contributed by atoms with van der Waals surface area (Å²) in [6, 6.07) is 0. The Bertz CT molecular complexity index is 266. The largest absolute Gasteiger partial charge is 0.392 e. The number of carbonyl (C=O) groups is 1. The molecule has 0 aliphatic rings. The van der Waals surface area contributed by atoms with Crippen molar-refractivity contribution < 1.29 is 9.90 Å². The highest BCUT2D eigenvalue weighted by atomic mass is 16.3. The van der Waals surface area contributed by atoms with Crippen molar-refractivity contribution >= 4 is 5.78 Å². The first-order valence-electron chi connectivity index (χ1n) is 8.60. The first kappa shape index (κ1) is 20.3. The van der Waals surface area contributed by atoms with Gasteiger partial charge in [-0.25, -0.2) is 0 Å². The molecule has 0 saturated carbocycles. The molecule has 0 fully saturated rings. The Labute approximate surface area is 131 Å². The topological polar surface area (TPSA) is 40.5 Å². The molecule has 1 atom stereocenters. The van der Waals surface area contributed by atoms with Gasteiger partial charge in [0.15, 0.2) is 0 Å². The van der Waals surface area contributed by atoms with E-state index < -0.39 is 0 Å². The lowest BCUT2D eigenvalue weighted by molar-refractivity contribution is -0.117. The van der Waals surface area contributed by atoms with Crippen molar-refractivity contribution in [3.05, 3.63) is 12.7 Å². The van der Waals surface area contributed by atoms with E-state index in [4.69, 9.17) is 0 Å². The molecular weight excluding hydrogens is 262 g/mol. The summed E-state index contributed by atoms with van der Waals surface area (Å²) in [5, 5.41) is 10.1. The average Bonchev–Trinajstić information content (AvgIpc) is 2.44. The second-order valence-electron chi connectivity index (χ2n) is 6.04. The van der Waals surface area contributed by atoms with Gasteiger partial charge in [0.1, 0.15) is 5.78 Å². The minimum Gasteiger partial charge on any atom is -0.392 e. The number of rotatable bonds is 15. The SMILES string of the molecule is C=CCCCC(O)CN(CCCC)CCCCCC(C)=O. The highest BCUT2D eigenvalue weighted by molar-refractivity contribution is 5.75. The number of Topliss-reactive ketones (excluding diaryl/α,β-unsaturated/α-hetero) is 1. The third-order valence-electron chi connectivity index (χ3n) is 3.75. The number of hydrogen-bond donors (Lipinski definition) is 1. The number of unbranched alkanes of at least 4 members (excludes halogenated alkanes) is 4. The molecular formula is C18H35NO2. The molecule has 0 amide bonds. The van der Waals surface area contributed by atoms with Gasteiger partial charge >= 0.3 is 0 Å². The van der Waals surface area contributed by atoms with Crippen molar-refractivity contribution in [3.8, 4) is 0 Å². The quantitative estimate of drug-likeness (QED) is 0.367. The van der Waals surface area contributed by atoms with Gasteiger partial charge in [-0.3, -0.25) is 0 Å². The number of hydrogen-bond acceptors (Lipinski definition) is 3. The fourth-order valence-corrected chi connectivity index (χ4v) is 2.45. The second-order valence-corrected chi connectivity index (χ2v) is 6.04. The first-order chi connectivity index (χ1) is 10.1. The standard InChI is InChI=1S/C18H35NO2/c1-4-6-9-13-18(21)16-19(14-7-5-2)15-11-8-10-12-17(3)20/h4,18,21H,1,5-16H2,2-3H3. The third kappa shape index (κ3) is 14.0. The average molecular weight is 297 g/mol. The maximum absolute atomic E-state index is 10.9. The van der Waals surface area contributed by atoms with Crippen LogP contribution in [0.3, 0.4) is 0 Å². The number of allylic oxidation sites excluding steroid dienone is 1. The molecule has 0 aromatic carbocycles. The van der Waals surface area contributed by atoms with Crippen LogP contribution in [0.5, 0.6) is 0 Å². The smallest absolute Gasteiger partial charge is 0.129 e. The van der Waals surface area contributed by atoms with Crippen LogP contribution in [-0.4, -0.2) is 41.5 Å². The molecule has 21 heavy (non-hydrogen) atoms. The van der Waals surface area contributed by atoms with Crippen LogP contribution in [0.4, 0.5) is 0 Å². The molecule has 0 radical (unpaired) electrons. The minimum atomic E-state index is -0.223. The molecule has 0 aromatic rings. The number of ketones is 1. The molecule has 0 aliphatic heterocycles. The maximum atomic E-state index is 10.9. The van der Waals surface area contributed by atoms with Gasteiger partial charge in [-0.2, -0.15) is 0 Å². The van der Waals surface area contributed by atoms with Gasteiger partial charge in [-0.05, 0) is 58.5 Å². The second kappa shape index (κ2) is 14.3. The Balaban J connectivity index is 3.89. The zero-order valence-corrected chi connectivity index (χ0v) is 14.1. The highest BCUT2D eigenvalue weighted by Crippen LogP contribution is 2.08. The Morgan fingerprint density at radius 3 is 2.52 bits per heavy atom. The van der Waals surface area contributed by atoms with Crippen LogP contribution in [0.2, 0.25) is 0 Å². The summed E-state index contributed by atoms with van der Waals surface area (Å²) in [6.07, 6.45) is 10.9. The summed E-state index contributed by atoms with van der Waals surface area (Å²) in [5.41, 5.74) is 0. The minimum absolute atomic E-state index is 0.223. The van der Waals surface area contributed by atoms with E-state index in [2.05, 4.69) is 18.4 Å². The molecule has 3 heteroatoms. The Morgan fingerprint density at radius 2 is 1.90 bits per heavy atom. The van der Waals surface area contributed by atoms with Gasteiger partial charge in [-0.1, -0.05) is 25.8 Å². The van der Waals surface area contributed by atoms with Crippen LogP contribution in [0.1, 0.15) is 71.6 Å². The molecule has 0 heterocycles. The Morgan fingerprint density at radius 1 is 1.19 bits per heavy atom. The third-order valence-corrected chi connectivity index (χ3v) is 3.75. The van der Waals surface area contributed by atoms with Gasteiger partial charge in [0.2, 0.25) is 0 Å². The van der Waals surface area contributed by atoms with Gasteiger partial charge in [0, 0.05) is 13.0 Å². The van der Waals surface area contributed by atoms with Gasteiger partial charge in [0.25, 0.3) is 0 Å². The number of carbonyl (C=O) groups excluding carboxylic acids is 1. The first-order valence-corrected chi connectivity index (χ1v) is 8.60. The van der Waals surface area contributed by atoms with E-state index in [0.717, 1.165) is 58.2 Å². The van der Waals surface area contributed by atoms with E-state index in [9.17, 15) is 9.90 Å². The van der Waals surface area contributed by atoms with Gasteiger partial charge in [0.05, 0.1) is 6.10 Å². The summed E-state index contributed by atoms with van der Waals surface area (Å²) in [7, 11) is 0. The fraction of sp³-hybridized carbons (Fsp3) is 0.833. The summed E-state index contributed by atoms with van der Waals surface area (Å²) >= 11 is 0. The van der Waals surface area contributed by atoms with Gasteiger partial charge in [-0.15, -0.1) is 6.58 Å². The Hall–Kier alpha value is -0.670. The van der Waals surface area contributed by atoms with Crippen LogP contribution in [0.25, 0.3) is 0 Å². The molecule has 1 unspecified atom stereocenters. The van der Waals surface area contributed by atoms with E-state index in [1.54, 1.807) is 6.92 Å². The van der Waals surface area contributed by atoms with Crippen molar-refractivity contribution in [2.75, 3.05) is 19.6 Å². The molecule has 0 aliphatic carbocycles. The summed E-state index contributed by atoms with van der Waals surface area (Å²) < 4.78 is 0. The molecule has 0 spiro atoms. The molecule has 3 nitrogen and oxygen atoms in total. The zero-order chi connectivity index (χ0) is 15.9. The normalized spacial score (nSPS) is 12.6. The summed E-state index contributed by atoms with van der Waals surface area (Å²) in [5.74, 6) is 0.287. The molecule has 0 rings (SSSR count).